The van der Waals surface area contributed by atoms with Gasteiger partial charge in [0.1, 0.15) is 0 Å². The minimum atomic E-state index is -1.03. The Labute approximate surface area is 140 Å². The fourth-order valence-electron chi connectivity index (χ4n) is 2.76. The first-order chi connectivity index (χ1) is 11.6. The van der Waals surface area contributed by atoms with Crippen molar-refractivity contribution in [3.63, 3.8) is 0 Å². The lowest BCUT2D eigenvalue weighted by atomic mass is 10.0. The number of carbonyl (C=O) groups is 2. The van der Waals surface area contributed by atoms with Gasteiger partial charge in [-0.05, 0) is 16.7 Å². The molecule has 5 nitrogen and oxygen atoms in total. The fourth-order valence-corrected chi connectivity index (χ4v) is 2.76. The van der Waals surface area contributed by atoms with Crippen molar-refractivity contribution in [1.82, 2.24) is 4.90 Å². The van der Waals surface area contributed by atoms with E-state index in [9.17, 15) is 9.59 Å². The molecular weight excluding hydrogens is 306 g/mol. The first kappa shape index (κ1) is 16.2. The van der Waals surface area contributed by atoms with Crippen molar-refractivity contribution in [3.05, 3.63) is 60.2 Å². The molecule has 0 unspecified atom stereocenters. The van der Waals surface area contributed by atoms with E-state index in [4.69, 9.17) is 9.84 Å². The summed E-state index contributed by atoms with van der Waals surface area (Å²) in [5.41, 5.74) is 3.15. The average Bonchev–Trinajstić information content (AvgIpc) is 2.63. The summed E-state index contributed by atoms with van der Waals surface area (Å²) < 4.78 is 5.14. The third kappa shape index (κ3) is 3.81. The van der Waals surface area contributed by atoms with Crippen LogP contribution in [0.5, 0.6) is 0 Å². The average molecular weight is 325 g/mol. The molecule has 1 fully saturated rings. The van der Waals surface area contributed by atoms with Crippen LogP contribution in [0.1, 0.15) is 5.56 Å². The molecule has 5 heteroatoms. The lowest BCUT2D eigenvalue weighted by molar-refractivity contribution is -0.159. The zero-order valence-electron chi connectivity index (χ0n) is 13.2. The SMILES string of the molecule is O=C(O)[C@@H]1CN(C(=O)Cc2ccc(-c3ccccc3)cc2)CCO1. The molecule has 0 spiro atoms. The Morgan fingerprint density at radius 1 is 1.04 bits per heavy atom. The molecule has 1 amide bonds. The Morgan fingerprint density at radius 2 is 1.71 bits per heavy atom. The van der Waals surface area contributed by atoms with Crippen LogP contribution in [0.3, 0.4) is 0 Å². The number of morpholine rings is 1. The highest BCUT2D eigenvalue weighted by atomic mass is 16.5. The maximum absolute atomic E-state index is 12.4. The summed E-state index contributed by atoms with van der Waals surface area (Å²) in [4.78, 5) is 24.9. The lowest BCUT2D eigenvalue weighted by Gasteiger charge is -2.31. The van der Waals surface area contributed by atoms with E-state index in [1.54, 1.807) is 4.90 Å². The number of hydrogen-bond donors (Lipinski definition) is 1. The number of amides is 1. The molecule has 1 aliphatic rings. The highest BCUT2D eigenvalue weighted by molar-refractivity contribution is 5.80. The van der Waals surface area contributed by atoms with Crippen LogP contribution in [0.25, 0.3) is 11.1 Å². The van der Waals surface area contributed by atoms with E-state index in [-0.39, 0.29) is 25.5 Å². The Morgan fingerprint density at radius 3 is 2.38 bits per heavy atom. The number of carbonyl (C=O) groups excluding carboxylic acids is 1. The van der Waals surface area contributed by atoms with Crippen LogP contribution in [0.15, 0.2) is 54.6 Å². The molecular formula is C19H19NO4. The quantitative estimate of drug-likeness (QED) is 0.936. The van der Waals surface area contributed by atoms with Gasteiger partial charge in [-0.2, -0.15) is 0 Å². The van der Waals surface area contributed by atoms with Gasteiger partial charge in [0.2, 0.25) is 5.91 Å². The molecule has 0 bridgehead atoms. The Balaban J connectivity index is 1.63. The molecule has 1 N–H and O–H groups in total. The van der Waals surface area contributed by atoms with Gasteiger partial charge in [0.05, 0.1) is 19.6 Å². The van der Waals surface area contributed by atoms with E-state index in [2.05, 4.69) is 0 Å². The molecule has 1 saturated heterocycles. The van der Waals surface area contributed by atoms with Gasteiger partial charge in [0, 0.05) is 6.54 Å². The standard InChI is InChI=1S/C19H19NO4/c21-18(20-10-11-24-17(13-20)19(22)23)12-14-6-8-16(9-7-14)15-4-2-1-3-5-15/h1-9,17H,10-13H2,(H,22,23)/t17-/m0/s1. The van der Waals surface area contributed by atoms with Crippen molar-refractivity contribution < 1.29 is 19.4 Å². The van der Waals surface area contributed by atoms with Crippen molar-refractivity contribution in [2.45, 2.75) is 12.5 Å². The predicted molar refractivity (Wildman–Crippen MR) is 89.5 cm³/mol. The second-order valence-corrected chi connectivity index (χ2v) is 5.78. The van der Waals surface area contributed by atoms with E-state index in [0.717, 1.165) is 16.7 Å². The molecule has 124 valence electrons. The zero-order chi connectivity index (χ0) is 16.9. The van der Waals surface area contributed by atoms with Gasteiger partial charge in [0.25, 0.3) is 0 Å². The molecule has 0 aliphatic carbocycles. The van der Waals surface area contributed by atoms with Crippen LogP contribution in [-0.4, -0.2) is 47.7 Å². The predicted octanol–water partition coefficient (Wildman–Crippen LogP) is 2.21. The number of carboxylic acids is 1. The summed E-state index contributed by atoms with van der Waals surface area (Å²) in [7, 11) is 0. The van der Waals surface area contributed by atoms with Crippen LogP contribution in [-0.2, 0) is 20.7 Å². The van der Waals surface area contributed by atoms with Gasteiger partial charge in [-0.1, -0.05) is 54.6 Å². The molecule has 0 aromatic heterocycles. The summed E-state index contributed by atoms with van der Waals surface area (Å²) in [5, 5.41) is 9.00. The number of carboxylic acid groups (broad SMARTS) is 1. The van der Waals surface area contributed by atoms with Gasteiger partial charge < -0.3 is 14.7 Å². The molecule has 1 heterocycles. The third-order valence-corrected chi connectivity index (χ3v) is 4.11. The molecule has 0 radical (unpaired) electrons. The second-order valence-electron chi connectivity index (χ2n) is 5.78. The number of hydrogen-bond acceptors (Lipinski definition) is 3. The summed E-state index contributed by atoms with van der Waals surface area (Å²) in [6, 6.07) is 17.9. The van der Waals surface area contributed by atoms with Crippen LogP contribution in [0.2, 0.25) is 0 Å². The van der Waals surface area contributed by atoms with E-state index in [1.807, 2.05) is 54.6 Å². The molecule has 3 rings (SSSR count). The van der Waals surface area contributed by atoms with E-state index >= 15 is 0 Å². The molecule has 0 saturated carbocycles. The minimum Gasteiger partial charge on any atom is -0.479 e. The molecule has 1 atom stereocenters. The summed E-state index contributed by atoms with van der Waals surface area (Å²) in [5.74, 6) is -1.10. The van der Waals surface area contributed by atoms with Crippen LogP contribution < -0.4 is 0 Å². The summed E-state index contributed by atoms with van der Waals surface area (Å²) in [6.45, 7) is 0.802. The van der Waals surface area contributed by atoms with Crippen LogP contribution in [0, 0.1) is 0 Å². The zero-order valence-corrected chi connectivity index (χ0v) is 13.2. The number of ether oxygens (including phenoxy) is 1. The number of aliphatic carboxylic acids is 1. The van der Waals surface area contributed by atoms with Gasteiger partial charge in [0.15, 0.2) is 6.10 Å². The first-order valence-corrected chi connectivity index (χ1v) is 7.90. The van der Waals surface area contributed by atoms with Crippen molar-refractivity contribution in [2.75, 3.05) is 19.7 Å². The van der Waals surface area contributed by atoms with Gasteiger partial charge in [-0.15, -0.1) is 0 Å². The first-order valence-electron chi connectivity index (χ1n) is 7.90. The Bertz CT molecular complexity index is 712. The van der Waals surface area contributed by atoms with Crippen LogP contribution >= 0.6 is 0 Å². The monoisotopic (exact) mass is 325 g/mol. The highest BCUT2D eigenvalue weighted by Gasteiger charge is 2.28. The van der Waals surface area contributed by atoms with Crippen molar-refractivity contribution >= 4 is 11.9 Å². The fraction of sp³-hybridized carbons (Fsp3) is 0.263. The van der Waals surface area contributed by atoms with Crippen LogP contribution in [0.4, 0.5) is 0 Å². The van der Waals surface area contributed by atoms with E-state index in [0.29, 0.717) is 6.54 Å². The van der Waals surface area contributed by atoms with Crippen molar-refractivity contribution in [2.24, 2.45) is 0 Å². The molecule has 24 heavy (non-hydrogen) atoms. The third-order valence-electron chi connectivity index (χ3n) is 4.11. The number of nitrogens with zero attached hydrogens (tertiary/aromatic N) is 1. The lowest BCUT2D eigenvalue weighted by Crippen LogP contribution is -2.49. The van der Waals surface area contributed by atoms with Gasteiger partial charge in [-0.3, -0.25) is 4.79 Å². The molecule has 2 aromatic carbocycles. The highest BCUT2D eigenvalue weighted by Crippen LogP contribution is 2.19. The second kappa shape index (κ2) is 7.27. The van der Waals surface area contributed by atoms with Gasteiger partial charge in [-0.25, -0.2) is 4.79 Å². The molecule has 1 aliphatic heterocycles. The largest absolute Gasteiger partial charge is 0.479 e. The summed E-state index contributed by atoms with van der Waals surface area (Å²) >= 11 is 0. The van der Waals surface area contributed by atoms with Crippen molar-refractivity contribution in [1.29, 1.82) is 0 Å². The van der Waals surface area contributed by atoms with Crippen molar-refractivity contribution in [3.8, 4) is 11.1 Å². The number of benzene rings is 2. The maximum Gasteiger partial charge on any atom is 0.334 e. The minimum absolute atomic E-state index is 0.0722. The number of rotatable bonds is 4. The Hall–Kier alpha value is -2.66. The van der Waals surface area contributed by atoms with E-state index in [1.165, 1.54) is 0 Å². The summed E-state index contributed by atoms with van der Waals surface area (Å²) in [6.07, 6.45) is -0.662. The smallest absolute Gasteiger partial charge is 0.334 e. The molecule has 2 aromatic rings. The van der Waals surface area contributed by atoms with Gasteiger partial charge >= 0.3 is 5.97 Å². The maximum atomic E-state index is 12.4. The van der Waals surface area contributed by atoms with E-state index < -0.39 is 12.1 Å². The Kier molecular flexibility index (Phi) is 4.91. The normalized spacial score (nSPS) is 17.5. The topological polar surface area (TPSA) is 66.8 Å².